The normalized spacial score (nSPS) is 16.7. The average Bonchev–Trinajstić information content (AvgIpc) is 3.05. The minimum atomic E-state index is -0.244. The van der Waals surface area contributed by atoms with Gasteiger partial charge >= 0.3 is 0 Å². The van der Waals surface area contributed by atoms with Crippen LogP contribution in [0, 0.1) is 6.92 Å². The van der Waals surface area contributed by atoms with Crippen molar-refractivity contribution in [3.8, 4) is 11.5 Å². The molecule has 0 bridgehead atoms. The van der Waals surface area contributed by atoms with E-state index in [2.05, 4.69) is 56.1 Å². The van der Waals surface area contributed by atoms with Crippen LogP contribution in [0.15, 0.2) is 48.5 Å². The fourth-order valence-electron chi connectivity index (χ4n) is 5.99. The lowest BCUT2D eigenvalue weighted by molar-refractivity contribution is -0.122. The number of amides is 2. The zero-order valence-electron chi connectivity index (χ0n) is 28.0. The molecule has 2 saturated heterocycles. The van der Waals surface area contributed by atoms with E-state index in [-0.39, 0.29) is 11.8 Å². The van der Waals surface area contributed by atoms with Crippen molar-refractivity contribution in [1.29, 1.82) is 0 Å². The Hall–Kier alpha value is -3.18. The lowest BCUT2D eigenvalue weighted by Crippen LogP contribution is -2.49. The van der Waals surface area contributed by atoms with E-state index in [9.17, 15) is 9.59 Å². The topological polar surface area (TPSA) is 104 Å². The molecule has 0 spiro atoms. The van der Waals surface area contributed by atoms with Gasteiger partial charge in [-0.1, -0.05) is 29.8 Å². The van der Waals surface area contributed by atoms with Crippen LogP contribution >= 0.6 is 0 Å². The van der Waals surface area contributed by atoms with Crippen LogP contribution in [0.25, 0.3) is 0 Å². The number of piperazine rings is 2. The minimum Gasteiger partial charge on any atom is -0.494 e. The molecule has 2 amide bonds. The first-order chi connectivity index (χ1) is 22.4. The number of carbonyl (C=O) groups is 2. The maximum Gasteiger partial charge on any atom is 0.234 e. The quantitative estimate of drug-likeness (QED) is 0.214. The van der Waals surface area contributed by atoms with Gasteiger partial charge in [0.15, 0.2) is 0 Å². The fraction of sp³-hybridized carbons (Fsp3) is 0.611. The van der Waals surface area contributed by atoms with Crippen LogP contribution < -0.4 is 20.5 Å². The van der Waals surface area contributed by atoms with Crippen molar-refractivity contribution in [3.63, 3.8) is 0 Å². The van der Waals surface area contributed by atoms with E-state index >= 15 is 0 Å². The van der Waals surface area contributed by atoms with Crippen molar-refractivity contribution in [2.24, 2.45) is 5.73 Å². The Morgan fingerprint density at radius 1 is 0.652 bits per heavy atom. The summed E-state index contributed by atoms with van der Waals surface area (Å²) in [5, 5.41) is 3.09. The van der Waals surface area contributed by atoms with Crippen molar-refractivity contribution < 1.29 is 19.1 Å². The highest BCUT2D eigenvalue weighted by Gasteiger charge is 2.19. The molecule has 0 aromatic heterocycles. The molecule has 0 saturated carbocycles. The number of unbranched alkanes of at least 4 members (excludes halogenated alkanes) is 3. The van der Waals surface area contributed by atoms with E-state index < -0.39 is 0 Å². The lowest BCUT2D eigenvalue weighted by Gasteiger charge is -2.34. The molecule has 2 aromatic rings. The van der Waals surface area contributed by atoms with Crippen molar-refractivity contribution in [1.82, 2.24) is 24.9 Å². The zero-order chi connectivity index (χ0) is 32.4. The maximum atomic E-state index is 12.5. The van der Waals surface area contributed by atoms with Gasteiger partial charge in [0, 0.05) is 58.9 Å². The van der Waals surface area contributed by atoms with Gasteiger partial charge in [0.25, 0.3) is 0 Å². The molecule has 10 heteroatoms. The van der Waals surface area contributed by atoms with E-state index in [0.29, 0.717) is 19.6 Å². The van der Waals surface area contributed by atoms with Gasteiger partial charge in [0.1, 0.15) is 11.5 Å². The summed E-state index contributed by atoms with van der Waals surface area (Å²) < 4.78 is 11.8. The molecular weight excluding hydrogens is 580 g/mol. The Morgan fingerprint density at radius 3 is 1.70 bits per heavy atom. The van der Waals surface area contributed by atoms with Gasteiger partial charge in [-0.2, -0.15) is 0 Å². The number of benzene rings is 2. The van der Waals surface area contributed by atoms with Crippen molar-refractivity contribution in [3.05, 3.63) is 59.7 Å². The summed E-state index contributed by atoms with van der Waals surface area (Å²) in [4.78, 5) is 32.9. The first kappa shape index (κ1) is 35.7. The van der Waals surface area contributed by atoms with E-state index in [4.69, 9.17) is 15.2 Å². The minimum absolute atomic E-state index is 0.104. The largest absolute Gasteiger partial charge is 0.494 e. The summed E-state index contributed by atoms with van der Waals surface area (Å²) in [6, 6.07) is 16.5. The monoisotopic (exact) mass is 636 g/mol. The molecule has 2 aliphatic heterocycles. The molecule has 0 atom stereocenters. The van der Waals surface area contributed by atoms with E-state index in [1.165, 1.54) is 11.1 Å². The SMILES string of the molecule is Cc1ccc(OCCCCN2CCN(CC(=O)NCCc3ccc(OCCCCCN4CCN(CC(N)=O)CC4)cc3)CC2)cc1. The second-order valence-corrected chi connectivity index (χ2v) is 12.7. The van der Waals surface area contributed by atoms with Crippen molar-refractivity contribution >= 4 is 11.8 Å². The Balaban J connectivity index is 0.958. The molecule has 0 unspecified atom stereocenters. The molecule has 254 valence electrons. The smallest absolute Gasteiger partial charge is 0.234 e. The molecule has 0 radical (unpaired) electrons. The van der Waals surface area contributed by atoms with Crippen LogP contribution in [0.5, 0.6) is 11.5 Å². The fourth-order valence-corrected chi connectivity index (χ4v) is 5.99. The number of nitrogens with zero attached hydrogens (tertiary/aromatic N) is 4. The van der Waals surface area contributed by atoms with Gasteiger partial charge in [0.2, 0.25) is 11.8 Å². The molecule has 2 heterocycles. The summed E-state index contributed by atoms with van der Waals surface area (Å²) >= 11 is 0. The molecule has 2 fully saturated rings. The van der Waals surface area contributed by atoms with Crippen molar-refractivity contribution in [2.45, 2.75) is 45.4 Å². The number of hydrogen-bond acceptors (Lipinski definition) is 8. The number of primary amides is 1. The van der Waals surface area contributed by atoms with Gasteiger partial charge in [-0.3, -0.25) is 19.4 Å². The van der Waals surface area contributed by atoms with Gasteiger partial charge in [-0.25, -0.2) is 0 Å². The van der Waals surface area contributed by atoms with Gasteiger partial charge in [-0.05, 0) is 88.4 Å². The van der Waals surface area contributed by atoms with Gasteiger partial charge in [0.05, 0.1) is 26.3 Å². The zero-order valence-corrected chi connectivity index (χ0v) is 28.0. The first-order valence-corrected chi connectivity index (χ1v) is 17.3. The highest BCUT2D eigenvalue weighted by Crippen LogP contribution is 2.14. The number of nitrogens with two attached hydrogens (primary N) is 1. The average molecular weight is 637 g/mol. The Labute approximate surface area is 276 Å². The van der Waals surface area contributed by atoms with Crippen LogP contribution in [0.3, 0.4) is 0 Å². The summed E-state index contributed by atoms with van der Waals surface area (Å²) in [5.41, 5.74) is 7.74. The Bertz CT molecular complexity index is 1150. The molecule has 10 nitrogen and oxygen atoms in total. The number of aryl methyl sites for hydroxylation is 1. The van der Waals surface area contributed by atoms with Gasteiger partial charge in [-0.15, -0.1) is 0 Å². The number of carbonyl (C=O) groups excluding carboxylic acids is 2. The molecule has 4 rings (SSSR count). The predicted molar refractivity (Wildman–Crippen MR) is 183 cm³/mol. The Kier molecular flexibility index (Phi) is 15.6. The molecule has 3 N–H and O–H groups in total. The summed E-state index contributed by atoms with van der Waals surface area (Å²) in [6.07, 6.45) is 6.32. The molecule has 2 aliphatic rings. The Morgan fingerprint density at radius 2 is 1.13 bits per heavy atom. The third kappa shape index (κ3) is 14.1. The van der Waals surface area contributed by atoms with Crippen LogP contribution in [-0.2, 0) is 16.0 Å². The van der Waals surface area contributed by atoms with Crippen LogP contribution in [0.1, 0.15) is 43.2 Å². The van der Waals surface area contributed by atoms with E-state index in [1.54, 1.807) is 0 Å². The molecule has 0 aliphatic carbocycles. The first-order valence-electron chi connectivity index (χ1n) is 17.3. The number of rotatable bonds is 20. The highest BCUT2D eigenvalue weighted by atomic mass is 16.5. The predicted octanol–water partition coefficient (Wildman–Crippen LogP) is 2.78. The lowest BCUT2D eigenvalue weighted by atomic mass is 10.1. The standard InChI is InChI=1S/C36H56N6O4/c1-31-7-11-33(12-8-31)46-28-6-4-18-40-21-25-42(26-22-40)30-36(44)38-16-15-32-9-13-34(14-10-32)45-27-5-2-3-17-39-19-23-41(24-20-39)29-35(37)43/h7-14H,2-6,15-30H2,1H3,(H2,37,43)(H,38,44). The number of nitrogens with one attached hydrogen (secondary N) is 1. The third-order valence-electron chi connectivity index (χ3n) is 8.88. The van der Waals surface area contributed by atoms with Crippen molar-refractivity contribution in [2.75, 3.05) is 98.3 Å². The second-order valence-electron chi connectivity index (χ2n) is 12.7. The number of ether oxygens (including phenoxy) is 2. The third-order valence-corrected chi connectivity index (χ3v) is 8.88. The maximum absolute atomic E-state index is 12.5. The summed E-state index contributed by atoms with van der Waals surface area (Å²) in [5.74, 6) is 1.70. The molecule has 2 aromatic carbocycles. The number of hydrogen-bond donors (Lipinski definition) is 2. The summed E-state index contributed by atoms with van der Waals surface area (Å²) in [7, 11) is 0. The van der Waals surface area contributed by atoms with Crippen LogP contribution in [-0.4, -0.2) is 130 Å². The second kappa shape index (κ2) is 20.1. The van der Waals surface area contributed by atoms with E-state index in [0.717, 1.165) is 129 Å². The highest BCUT2D eigenvalue weighted by molar-refractivity contribution is 5.78. The van der Waals surface area contributed by atoms with Crippen LogP contribution in [0.2, 0.25) is 0 Å². The molecule has 46 heavy (non-hydrogen) atoms. The van der Waals surface area contributed by atoms with Crippen LogP contribution in [0.4, 0.5) is 0 Å². The van der Waals surface area contributed by atoms with Gasteiger partial charge < -0.3 is 30.3 Å². The summed E-state index contributed by atoms with van der Waals surface area (Å²) in [6.45, 7) is 15.0. The van der Waals surface area contributed by atoms with E-state index in [1.807, 2.05) is 24.3 Å². The molecular formula is C36H56N6O4.